The molecular weight excluding hydrogens is 340 g/mol. The zero-order valence-corrected chi connectivity index (χ0v) is 11.6. The van der Waals surface area contributed by atoms with Gasteiger partial charge < -0.3 is 5.32 Å². The first-order valence-electron chi connectivity index (χ1n) is 5.41. The van der Waals surface area contributed by atoms with Gasteiger partial charge in [0.15, 0.2) is 5.57 Å². The number of alkyl halides is 3. The summed E-state index contributed by atoms with van der Waals surface area (Å²) in [5.74, 6) is -1.26. The van der Waals surface area contributed by atoms with Gasteiger partial charge in [0.25, 0.3) is 9.84 Å². The van der Waals surface area contributed by atoms with Crippen LogP contribution in [0.4, 0.5) is 23.2 Å². The minimum absolute atomic E-state index is 0.110. The second kappa shape index (κ2) is 6.34. The van der Waals surface area contributed by atoms with Gasteiger partial charge in [-0.1, -0.05) is 0 Å². The molecule has 0 fully saturated rings. The Labute approximate surface area is 127 Å². The predicted molar refractivity (Wildman–Crippen MR) is 67.1 cm³/mol. The number of sulfone groups is 1. The number of benzene rings is 1. The predicted octanol–water partition coefficient (Wildman–Crippen LogP) is 2.36. The van der Waals surface area contributed by atoms with Gasteiger partial charge in [0.05, 0.1) is 5.69 Å². The molecule has 0 atom stereocenters. The molecule has 0 saturated heterocycles. The number of allylic oxidation sites excluding steroid dienone is 2. The molecule has 0 unspecified atom stereocenters. The van der Waals surface area contributed by atoms with E-state index >= 15 is 0 Å². The van der Waals surface area contributed by atoms with E-state index < -0.39 is 43.0 Å². The first-order chi connectivity index (χ1) is 10.6. The smallest absolute Gasteiger partial charge is 0.344 e. The van der Waals surface area contributed by atoms with E-state index in [1.165, 1.54) is 18.2 Å². The Hall–Kier alpha value is -3.10. The van der Waals surface area contributed by atoms with Crippen LogP contribution in [-0.2, 0) is 9.84 Å². The van der Waals surface area contributed by atoms with Gasteiger partial charge in [-0.25, -0.2) is 12.8 Å². The highest BCUT2D eigenvalue weighted by atomic mass is 32.2. The van der Waals surface area contributed by atoms with Crippen molar-refractivity contribution in [2.75, 3.05) is 5.32 Å². The second-order valence-corrected chi connectivity index (χ2v) is 5.71. The van der Waals surface area contributed by atoms with Crippen LogP contribution in [0.2, 0.25) is 0 Å². The highest BCUT2D eigenvalue weighted by molar-refractivity contribution is 7.92. The lowest BCUT2D eigenvalue weighted by Gasteiger charge is -2.13. The number of nitrogens with one attached hydrogen (secondary N) is 1. The average molecular weight is 344 g/mol. The van der Waals surface area contributed by atoms with E-state index in [1.807, 2.05) is 5.32 Å². The second-order valence-electron chi connectivity index (χ2n) is 3.80. The molecular formula is C12H4F4N4O2S. The maximum atomic E-state index is 13.1. The van der Waals surface area contributed by atoms with Crippen molar-refractivity contribution in [3.63, 3.8) is 0 Å². The molecule has 23 heavy (non-hydrogen) atoms. The molecule has 0 amide bonds. The topological polar surface area (TPSA) is 118 Å². The fourth-order valence-corrected chi connectivity index (χ4v) is 2.29. The molecule has 0 heterocycles. The Morgan fingerprint density at radius 3 is 2.09 bits per heavy atom. The lowest BCUT2D eigenvalue weighted by atomic mass is 10.2. The zero-order valence-electron chi connectivity index (χ0n) is 10.8. The number of halogens is 4. The number of hydrogen-bond donors (Lipinski definition) is 1. The van der Waals surface area contributed by atoms with Crippen LogP contribution in [0.3, 0.4) is 0 Å². The fraction of sp³-hybridized carbons (Fsp3) is 0.0833. The van der Waals surface area contributed by atoms with Crippen molar-refractivity contribution in [3.05, 3.63) is 35.3 Å². The normalized spacial score (nSPS) is 10.8. The Morgan fingerprint density at radius 1 is 1.09 bits per heavy atom. The molecule has 118 valence electrons. The van der Waals surface area contributed by atoms with E-state index in [0.717, 1.165) is 0 Å². The molecule has 0 aromatic heterocycles. The molecule has 0 aliphatic carbocycles. The Balaban J connectivity index is 3.61. The van der Waals surface area contributed by atoms with E-state index in [2.05, 4.69) is 0 Å². The standard InChI is InChI=1S/C12H4F4N4O2S/c13-8-1-2-9(20-10(6-19)7(4-17)5-18)11(3-8)23(21,22)12(14,15)16/h1-3,20H. The van der Waals surface area contributed by atoms with Crippen LogP contribution in [0.25, 0.3) is 0 Å². The van der Waals surface area contributed by atoms with Gasteiger partial charge in [0, 0.05) is 0 Å². The van der Waals surface area contributed by atoms with Crippen LogP contribution in [0.1, 0.15) is 0 Å². The van der Waals surface area contributed by atoms with Crippen LogP contribution in [0.15, 0.2) is 34.4 Å². The summed E-state index contributed by atoms with van der Waals surface area (Å²) in [7, 11) is -5.92. The average Bonchev–Trinajstić information content (AvgIpc) is 2.47. The van der Waals surface area contributed by atoms with Crippen LogP contribution in [0.5, 0.6) is 0 Å². The summed E-state index contributed by atoms with van der Waals surface area (Å²) in [5, 5.41) is 28.0. The highest BCUT2D eigenvalue weighted by Gasteiger charge is 2.48. The van der Waals surface area contributed by atoms with E-state index in [0.29, 0.717) is 12.1 Å². The zero-order chi connectivity index (χ0) is 17.8. The van der Waals surface area contributed by atoms with Crippen molar-refractivity contribution in [2.24, 2.45) is 0 Å². The summed E-state index contributed by atoms with van der Waals surface area (Å²) in [5.41, 5.74) is -8.07. The van der Waals surface area contributed by atoms with Gasteiger partial charge in [-0.15, -0.1) is 0 Å². The SMILES string of the molecule is N#CC(C#N)=C(C#N)Nc1ccc(F)cc1S(=O)(=O)C(F)(F)F. The van der Waals surface area contributed by atoms with Crippen molar-refractivity contribution in [1.29, 1.82) is 15.8 Å². The van der Waals surface area contributed by atoms with Crippen molar-refractivity contribution >= 4 is 15.5 Å². The molecule has 0 spiro atoms. The third kappa shape index (κ3) is 3.57. The third-order valence-electron chi connectivity index (χ3n) is 2.38. The highest BCUT2D eigenvalue weighted by Crippen LogP contribution is 2.35. The molecule has 0 aliphatic rings. The van der Waals surface area contributed by atoms with Crippen molar-refractivity contribution in [1.82, 2.24) is 0 Å². The van der Waals surface area contributed by atoms with E-state index in [-0.39, 0.29) is 6.07 Å². The molecule has 0 saturated carbocycles. The Bertz CT molecular complexity index is 883. The first-order valence-corrected chi connectivity index (χ1v) is 6.89. The quantitative estimate of drug-likeness (QED) is 0.664. The van der Waals surface area contributed by atoms with Gasteiger partial charge >= 0.3 is 5.51 Å². The van der Waals surface area contributed by atoms with Gasteiger partial charge in [0.1, 0.15) is 34.6 Å². The molecule has 1 aromatic carbocycles. The molecule has 0 bridgehead atoms. The lowest BCUT2D eigenvalue weighted by molar-refractivity contribution is -0.0435. The summed E-state index contributed by atoms with van der Waals surface area (Å²) >= 11 is 0. The van der Waals surface area contributed by atoms with Crippen molar-refractivity contribution in [3.8, 4) is 18.2 Å². The number of anilines is 1. The molecule has 0 aliphatic heterocycles. The van der Waals surface area contributed by atoms with Crippen LogP contribution in [0, 0.1) is 39.8 Å². The van der Waals surface area contributed by atoms with Crippen LogP contribution < -0.4 is 5.32 Å². The van der Waals surface area contributed by atoms with Gasteiger partial charge in [-0.3, -0.25) is 0 Å². The lowest BCUT2D eigenvalue weighted by Crippen LogP contribution is -2.24. The Morgan fingerprint density at radius 2 is 1.65 bits per heavy atom. The summed E-state index contributed by atoms with van der Waals surface area (Å²) in [6, 6.07) is 5.35. The number of hydrogen-bond acceptors (Lipinski definition) is 6. The number of rotatable bonds is 3. The molecule has 1 rings (SSSR count). The monoisotopic (exact) mass is 344 g/mol. The largest absolute Gasteiger partial charge is 0.501 e. The van der Waals surface area contributed by atoms with Crippen molar-refractivity contribution in [2.45, 2.75) is 10.4 Å². The summed E-state index contributed by atoms with van der Waals surface area (Å²) in [6.45, 7) is 0. The summed E-state index contributed by atoms with van der Waals surface area (Å²) < 4.78 is 73.9. The van der Waals surface area contributed by atoms with Crippen LogP contribution >= 0.6 is 0 Å². The van der Waals surface area contributed by atoms with E-state index in [4.69, 9.17) is 15.8 Å². The first kappa shape index (κ1) is 18.0. The van der Waals surface area contributed by atoms with Gasteiger partial charge in [0.2, 0.25) is 0 Å². The minimum atomic E-state index is -5.92. The van der Waals surface area contributed by atoms with Gasteiger partial charge in [-0.2, -0.15) is 29.0 Å². The molecule has 1 aromatic rings. The molecule has 1 N–H and O–H groups in total. The molecule has 6 nitrogen and oxygen atoms in total. The van der Waals surface area contributed by atoms with Crippen molar-refractivity contribution < 1.29 is 26.0 Å². The number of nitrogens with zero attached hydrogens (tertiary/aromatic N) is 3. The summed E-state index contributed by atoms with van der Waals surface area (Å²) in [6.07, 6.45) is 0. The third-order valence-corrected chi connectivity index (χ3v) is 3.91. The van der Waals surface area contributed by atoms with E-state index in [1.54, 1.807) is 0 Å². The Kier molecular flexibility index (Phi) is 4.95. The minimum Gasteiger partial charge on any atom is -0.344 e. The summed E-state index contributed by atoms with van der Waals surface area (Å²) in [4.78, 5) is -1.48. The van der Waals surface area contributed by atoms with Gasteiger partial charge in [-0.05, 0) is 18.2 Å². The number of nitriles is 3. The van der Waals surface area contributed by atoms with E-state index in [9.17, 15) is 26.0 Å². The fourth-order valence-electron chi connectivity index (χ4n) is 1.36. The molecule has 11 heteroatoms. The van der Waals surface area contributed by atoms with Crippen LogP contribution in [-0.4, -0.2) is 13.9 Å². The maximum absolute atomic E-state index is 13.1. The maximum Gasteiger partial charge on any atom is 0.501 e. The molecule has 0 radical (unpaired) electrons.